The van der Waals surface area contributed by atoms with E-state index in [2.05, 4.69) is 0 Å². The van der Waals surface area contributed by atoms with Crippen molar-refractivity contribution < 1.29 is 4.74 Å². The molecule has 0 saturated carbocycles. The van der Waals surface area contributed by atoms with E-state index in [9.17, 15) is 4.79 Å². The molecule has 0 saturated heterocycles. The number of hydrogen-bond acceptors (Lipinski definition) is 2. The molecule has 2 aromatic carbocycles. The van der Waals surface area contributed by atoms with Crippen LogP contribution >= 0.6 is 0 Å². The molecule has 0 aliphatic rings. The van der Waals surface area contributed by atoms with Crippen molar-refractivity contribution >= 4 is 10.9 Å². The summed E-state index contributed by atoms with van der Waals surface area (Å²) in [6.07, 6.45) is 0. The Labute approximate surface area is 117 Å². The van der Waals surface area contributed by atoms with Gasteiger partial charge in [-0.3, -0.25) is 9.36 Å². The van der Waals surface area contributed by atoms with Gasteiger partial charge in [-0.15, -0.1) is 0 Å². The lowest BCUT2D eigenvalue weighted by Gasteiger charge is -2.13. The third-order valence-electron chi connectivity index (χ3n) is 3.39. The fourth-order valence-corrected chi connectivity index (χ4v) is 2.37. The average molecular weight is 265 g/mol. The summed E-state index contributed by atoms with van der Waals surface area (Å²) in [5.41, 5.74) is 2.74. The molecule has 3 aromatic rings. The summed E-state index contributed by atoms with van der Waals surface area (Å²) in [7, 11) is 1.62. The molecule has 0 bridgehead atoms. The molecular weight excluding hydrogens is 250 g/mol. The van der Waals surface area contributed by atoms with Crippen LogP contribution in [0.5, 0.6) is 5.75 Å². The lowest BCUT2D eigenvalue weighted by molar-refractivity contribution is 0.418. The highest BCUT2D eigenvalue weighted by Crippen LogP contribution is 2.26. The highest BCUT2D eigenvalue weighted by Gasteiger charge is 2.09. The number of benzene rings is 2. The molecule has 3 rings (SSSR count). The third kappa shape index (κ3) is 1.97. The molecule has 1 heterocycles. The van der Waals surface area contributed by atoms with Crippen LogP contribution in [0.2, 0.25) is 0 Å². The number of fused-ring (bicyclic) bond motifs is 1. The first-order valence-corrected chi connectivity index (χ1v) is 6.46. The van der Waals surface area contributed by atoms with Crippen molar-refractivity contribution in [2.24, 2.45) is 0 Å². The van der Waals surface area contributed by atoms with Crippen molar-refractivity contribution in [2.45, 2.75) is 6.92 Å². The minimum absolute atomic E-state index is 0.0640. The van der Waals surface area contributed by atoms with Gasteiger partial charge in [0.15, 0.2) is 0 Å². The normalized spacial score (nSPS) is 10.7. The quantitative estimate of drug-likeness (QED) is 0.712. The van der Waals surface area contributed by atoms with Gasteiger partial charge in [0.2, 0.25) is 0 Å². The van der Waals surface area contributed by atoms with Gasteiger partial charge < -0.3 is 4.74 Å². The standard InChI is InChI=1S/C17H15NO2/c1-12-6-9-14(10-7-12)18-16(19)11-8-13-4-3-5-15(20-2)17(13)18/h3-11H,1-2H3. The van der Waals surface area contributed by atoms with Crippen LogP contribution in [0.4, 0.5) is 0 Å². The molecule has 0 spiro atoms. The van der Waals surface area contributed by atoms with Gasteiger partial charge in [0.25, 0.3) is 5.56 Å². The molecule has 0 aliphatic carbocycles. The predicted octanol–water partition coefficient (Wildman–Crippen LogP) is 3.31. The monoisotopic (exact) mass is 265 g/mol. The molecule has 3 heteroatoms. The van der Waals surface area contributed by atoms with Crippen molar-refractivity contribution in [1.29, 1.82) is 0 Å². The molecule has 0 aliphatic heterocycles. The smallest absolute Gasteiger partial charge is 0.255 e. The molecule has 0 radical (unpaired) electrons. The van der Waals surface area contributed by atoms with E-state index in [0.717, 1.165) is 22.2 Å². The first-order chi connectivity index (χ1) is 9.70. The van der Waals surface area contributed by atoms with Crippen molar-refractivity contribution in [3.63, 3.8) is 0 Å². The SMILES string of the molecule is COc1cccc2ccc(=O)n(-c3ccc(C)cc3)c12. The van der Waals surface area contributed by atoms with Gasteiger partial charge in [0.05, 0.1) is 12.6 Å². The maximum Gasteiger partial charge on any atom is 0.255 e. The van der Waals surface area contributed by atoms with E-state index in [0.29, 0.717) is 5.75 Å². The van der Waals surface area contributed by atoms with E-state index in [1.807, 2.05) is 55.5 Å². The Hall–Kier alpha value is -2.55. The van der Waals surface area contributed by atoms with Crippen LogP contribution < -0.4 is 10.3 Å². The van der Waals surface area contributed by atoms with E-state index < -0.39 is 0 Å². The number of nitrogens with zero attached hydrogens (tertiary/aromatic N) is 1. The summed E-state index contributed by atoms with van der Waals surface area (Å²) in [5.74, 6) is 0.695. The molecule has 100 valence electrons. The van der Waals surface area contributed by atoms with Gasteiger partial charge in [0.1, 0.15) is 5.75 Å². The van der Waals surface area contributed by atoms with Crippen molar-refractivity contribution in [2.75, 3.05) is 7.11 Å². The van der Waals surface area contributed by atoms with Gasteiger partial charge in [-0.25, -0.2) is 0 Å². The van der Waals surface area contributed by atoms with E-state index in [4.69, 9.17) is 4.74 Å². The number of methoxy groups -OCH3 is 1. The fourth-order valence-electron chi connectivity index (χ4n) is 2.37. The summed E-state index contributed by atoms with van der Waals surface area (Å²) in [6, 6.07) is 17.1. The number of ether oxygens (including phenoxy) is 1. The second-order valence-corrected chi connectivity index (χ2v) is 4.74. The van der Waals surface area contributed by atoms with E-state index in [-0.39, 0.29) is 5.56 Å². The Morgan fingerprint density at radius 1 is 0.950 bits per heavy atom. The molecule has 3 nitrogen and oxygen atoms in total. The van der Waals surface area contributed by atoms with Crippen LogP contribution in [0.15, 0.2) is 59.4 Å². The number of rotatable bonds is 2. The van der Waals surface area contributed by atoms with Gasteiger partial charge >= 0.3 is 0 Å². The predicted molar refractivity (Wildman–Crippen MR) is 80.8 cm³/mol. The molecule has 1 aromatic heterocycles. The Morgan fingerprint density at radius 3 is 2.40 bits per heavy atom. The zero-order valence-corrected chi connectivity index (χ0v) is 11.5. The third-order valence-corrected chi connectivity index (χ3v) is 3.39. The highest BCUT2D eigenvalue weighted by atomic mass is 16.5. The Kier molecular flexibility index (Phi) is 3.03. The number of aryl methyl sites for hydroxylation is 1. The molecule has 0 fully saturated rings. The topological polar surface area (TPSA) is 31.2 Å². The van der Waals surface area contributed by atoms with Crippen molar-refractivity contribution in [1.82, 2.24) is 4.57 Å². The Bertz CT molecular complexity index is 817. The maximum atomic E-state index is 12.3. The number of hydrogen-bond donors (Lipinski definition) is 0. The molecule has 0 unspecified atom stereocenters. The van der Waals surface area contributed by atoms with Crippen LogP contribution in [-0.2, 0) is 0 Å². The van der Waals surface area contributed by atoms with Crippen molar-refractivity contribution in [3.8, 4) is 11.4 Å². The maximum absolute atomic E-state index is 12.3. The van der Waals surface area contributed by atoms with Gasteiger partial charge in [-0.2, -0.15) is 0 Å². The summed E-state index contributed by atoms with van der Waals surface area (Å²) in [4.78, 5) is 12.3. The van der Waals surface area contributed by atoms with Gasteiger partial charge in [0, 0.05) is 17.1 Å². The van der Waals surface area contributed by atoms with Crippen LogP contribution in [0.25, 0.3) is 16.6 Å². The molecular formula is C17H15NO2. The summed E-state index contributed by atoms with van der Waals surface area (Å²) in [6.45, 7) is 2.02. The van der Waals surface area contributed by atoms with Crippen LogP contribution in [0.1, 0.15) is 5.56 Å². The molecule has 20 heavy (non-hydrogen) atoms. The van der Waals surface area contributed by atoms with E-state index in [1.165, 1.54) is 0 Å². The molecule has 0 atom stereocenters. The zero-order valence-electron chi connectivity index (χ0n) is 11.5. The second kappa shape index (κ2) is 4.85. The fraction of sp³-hybridized carbons (Fsp3) is 0.118. The second-order valence-electron chi connectivity index (χ2n) is 4.74. The zero-order chi connectivity index (χ0) is 14.1. The summed E-state index contributed by atoms with van der Waals surface area (Å²) >= 11 is 0. The average Bonchev–Trinajstić information content (AvgIpc) is 2.48. The first kappa shape index (κ1) is 12.5. The Morgan fingerprint density at radius 2 is 1.70 bits per heavy atom. The van der Waals surface area contributed by atoms with Gasteiger partial charge in [-0.1, -0.05) is 29.8 Å². The lowest BCUT2D eigenvalue weighted by atomic mass is 10.1. The lowest BCUT2D eigenvalue weighted by Crippen LogP contribution is -2.17. The minimum atomic E-state index is -0.0640. The molecule has 0 N–H and O–H groups in total. The molecule has 0 amide bonds. The van der Waals surface area contributed by atoms with Crippen LogP contribution in [0, 0.1) is 6.92 Å². The summed E-state index contributed by atoms with van der Waals surface area (Å²) < 4.78 is 7.10. The summed E-state index contributed by atoms with van der Waals surface area (Å²) in [5, 5.41) is 0.976. The minimum Gasteiger partial charge on any atom is -0.495 e. The number of pyridine rings is 1. The number of aromatic nitrogens is 1. The highest BCUT2D eigenvalue weighted by molar-refractivity contribution is 5.86. The first-order valence-electron chi connectivity index (χ1n) is 6.46. The van der Waals surface area contributed by atoms with E-state index >= 15 is 0 Å². The van der Waals surface area contributed by atoms with Gasteiger partial charge in [-0.05, 0) is 31.2 Å². The Balaban J connectivity index is 2.42. The van der Waals surface area contributed by atoms with Crippen LogP contribution in [0.3, 0.4) is 0 Å². The number of para-hydroxylation sites is 1. The van der Waals surface area contributed by atoms with E-state index in [1.54, 1.807) is 17.7 Å². The van der Waals surface area contributed by atoms with Crippen LogP contribution in [-0.4, -0.2) is 11.7 Å². The largest absolute Gasteiger partial charge is 0.495 e. The van der Waals surface area contributed by atoms with Crippen molar-refractivity contribution in [3.05, 3.63) is 70.5 Å².